The number of hydrogen-bond donors (Lipinski definition) is 1. The summed E-state index contributed by atoms with van der Waals surface area (Å²) in [5, 5.41) is 3.29. The fourth-order valence-electron chi connectivity index (χ4n) is 1.93. The van der Waals surface area contributed by atoms with Crippen LogP contribution in [-0.2, 0) is 10.6 Å². The molecule has 1 aromatic rings. The van der Waals surface area contributed by atoms with Gasteiger partial charge in [0.15, 0.2) is 0 Å². The molecule has 88 valence electrons. The van der Waals surface area contributed by atoms with Gasteiger partial charge >= 0.3 is 0 Å². The number of nitrogens with one attached hydrogen (secondary N) is 1. The zero-order valence-electron chi connectivity index (χ0n) is 9.39. The summed E-state index contributed by atoms with van der Waals surface area (Å²) in [6.45, 7) is 4.46. The maximum Gasteiger partial charge on any atom is 0.123 e. The lowest BCUT2D eigenvalue weighted by Gasteiger charge is -2.18. The Morgan fingerprint density at radius 1 is 1.50 bits per heavy atom. The maximum atomic E-state index is 13.3. The highest BCUT2D eigenvalue weighted by atomic mass is 35.5. The van der Waals surface area contributed by atoms with Gasteiger partial charge in [-0.25, -0.2) is 4.39 Å². The van der Waals surface area contributed by atoms with E-state index < -0.39 is 0 Å². The molecule has 2 nitrogen and oxygen atoms in total. The van der Waals surface area contributed by atoms with Gasteiger partial charge in [0.05, 0.1) is 12.6 Å². The van der Waals surface area contributed by atoms with E-state index in [1.165, 1.54) is 12.1 Å². The van der Waals surface area contributed by atoms with Crippen LogP contribution in [0, 0.1) is 5.82 Å². The fraction of sp³-hybridized carbons (Fsp3) is 0.500. The van der Waals surface area contributed by atoms with Gasteiger partial charge in [0.2, 0.25) is 0 Å². The summed E-state index contributed by atoms with van der Waals surface area (Å²) >= 11 is 5.72. The van der Waals surface area contributed by atoms with Crippen molar-refractivity contribution in [2.75, 3.05) is 6.61 Å². The second kappa shape index (κ2) is 4.32. The van der Waals surface area contributed by atoms with Gasteiger partial charge < -0.3 is 4.74 Å². The molecule has 16 heavy (non-hydrogen) atoms. The number of benzene rings is 1. The molecule has 4 heteroatoms. The Kier molecular flexibility index (Phi) is 3.19. The third-order valence-corrected chi connectivity index (χ3v) is 2.98. The SMILES string of the molecule is CC1(C)N[C@@H](c2cc(F)cc(CCl)c2)CO1. The quantitative estimate of drug-likeness (QED) is 0.807. The van der Waals surface area contributed by atoms with Gasteiger partial charge in [0.25, 0.3) is 0 Å². The molecule has 0 aromatic heterocycles. The van der Waals surface area contributed by atoms with Crippen LogP contribution in [0.15, 0.2) is 18.2 Å². The summed E-state index contributed by atoms with van der Waals surface area (Å²) < 4.78 is 18.9. The van der Waals surface area contributed by atoms with Gasteiger partial charge in [-0.15, -0.1) is 11.6 Å². The highest BCUT2D eigenvalue weighted by Crippen LogP contribution is 2.27. The fourth-order valence-corrected chi connectivity index (χ4v) is 2.08. The van der Waals surface area contributed by atoms with Crippen molar-refractivity contribution in [3.05, 3.63) is 35.1 Å². The average Bonchev–Trinajstić information content (AvgIpc) is 2.58. The van der Waals surface area contributed by atoms with Crippen LogP contribution in [0.25, 0.3) is 0 Å². The molecular weight excluding hydrogens is 229 g/mol. The zero-order valence-corrected chi connectivity index (χ0v) is 10.1. The first-order valence-corrected chi connectivity index (χ1v) is 5.80. The third kappa shape index (κ3) is 2.54. The van der Waals surface area contributed by atoms with Crippen molar-refractivity contribution < 1.29 is 9.13 Å². The van der Waals surface area contributed by atoms with Crippen LogP contribution in [0.2, 0.25) is 0 Å². The minimum atomic E-state index is -0.349. The Morgan fingerprint density at radius 3 is 2.81 bits per heavy atom. The van der Waals surface area contributed by atoms with Crippen molar-refractivity contribution in [2.24, 2.45) is 0 Å². The highest BCUT2D eigenvalue weighted by molar-refractivity contribution is 6.17. The summed E-state index contributed by atoms with van der Waals surface area (Å²) in [5.74, 6) is 0.0708. The van der Waals surface area contributed by atoms with E-state index in [0.29, 0.717) is 12.5 Å². The minimum Gasteiger partial charge on any atom is -0.359 e. The molecule has 1 aliphatic rings. The second-order valence-corrected chi connectivity index (χ2v) is 4.81. The van der Waals surface area contributed by atoms with Crippen molar-refractivity contribution in [1.29, 1.82) is 0 Å². The first-order valence-electron chi connectivity index (χ1n) is 5.27. The Morgan fingerprint density at radius 2 is 2.25 bits per heavy atom. The molecule has 0 amide bonds. The molecule has 1 N–H and O–H groups in total. The molecule has 1 atom stereocenters. The minimum absolute atomic E-state index is 0.0349. The molecule has 0 spiro atoms. The number of rotatable bonds is 2. The van der Waals surface area contributed by atoms with Gasteiger partial charge in [0.1, 0.15) is 11.5 Å². The van der Waals surface area contributed by atoms with Gasteiger partial charge in [-0.1, -0.05) is 6.07 Å². The molecule has 1 fully saturated rings. The predicted molar refractivity (Wildman–Crippen MR) is 61.9 cm³/mol. The number of ether oxygens (including phenoxy) is 1. The first-order chi connectivity index (χ1) is 7.50. The van der Waals surface area contributed by atoms with E-state index >= 15 is 0 Å². The molecule has 1 aromatic carbocycles. The highest BCUT2D eigenvalue weighted by Gasteiger charge is 2.31. The lowest BCUT2D eigenvalue weighted by atomic mass is 10.0. The van der Waals surface area contributed by atoms with E-state index in [4.69, 9.17) is 16.3 Å². The summed E-state index contributed by atoms with van der Waals surface area (Å²) in [5.41, 5.74) is 1.34. The molecule has 0 unspecified atom stereocenters. The first kappa shape index (κ1) is 11.8. The van der Waals surface area contributed by atoms with Crippen LogP contribution in [-0.4, -0.2) is 12.3 Å². The van der Waals surface area contributed by atoms with Gasteiger partial charge in [-0.05, 0) is 37.1 Å². The Bertz CT molecular complexity index is 395. The molecule has 2 rings (SSSR count). The average molecular weight is 244 g/mol. The summed E-state index contributed by atoms with van der Waals surface area (Å²) in [6.07, 6.45) is 0. The topological polar surface area (TPSA) is 21.3 Å². The van der Waals surface area contributed by atoms with Crippen molar-refractivity contribution >= 4 is 11.6 Å². The van der Waals surface area contributed by atoms with Crippen LogP contribution in [0.1, 0.15) is 31.0 Å². The van der Waals surface area contributed by atoms with E-state index in [0.717, 1.165) is 11.1 Å². The van der Waals surface area contributed by atoms with Crippen LogP contribution in [0.4, 0.5) is 4.39 Å². The Labute approximate surface area is 99.7 Å². The summed E-state index contributed by atoms with van der Waals surface area (Å²) in [4.78, 5) is 0. The van der Waals surface area contributed by atoms with E-state index in [9.17, 15) is 4.39 Å². The van der Waals surface area contributed by atoms with Gasteiger partial charge in [-0.3, -0.25) is 5.32 Å². The maximum absolute atomic E-state index is 13.3. The predicted octanol–water partition coefficient (Wildman–Crippen LogP) is 2.96. The second-order valence-electron chi connectivity index (χ2n) is 4.54. The van der Waals surface area contributed by atoms with Gasteiger partial charge in [-0.2, -0.15) is 0 Å². The Balaban J connectivity index is 2.24. The molecule has 0 bridgehead atoms. The third-order valence-electron chi connectivity index (χ3n) is 2.67. The van der Waals surface area contributed by atoms with E-state index in [2.05, 4.69) is 5.32 Å². The monoisotopic (exact) mass is 243 g/mol. The van der Waals surface area contributed by atoms with Crippen LogP contribution in [0.3, 0.4) is 0 Å². The van der Waals surface area contributed by atoms with E-state index in [1.807, 2.05) is 19.9 Å². The standard InChI is InChI=1S/C12H15ClFNO/c1-12(2)15-11(7-16-12)9-3-8(6-13)4-10(14)5-9/h3-5,11,15H,6-7H2,1-2H3/t11-/m1/s1. The van der Waals surface area contributed by atoms with Crippen LogP contribution in [0.5, 0.6) is 0 Å². The van der Waals surface area contributed by atoms with Crippen molar-refractivity contribution in [1.82, 2.24) is 5.32 Å². The number of hydrogen-bond acceptors (Lipinski definition) is 2. The molecular formula is C12H15ClFNO. The van der Waals surface area contributed by atoms with Gasteiger partial charge in [0, 0.05) is 5.88 Å². The van der Waals surface area contributed by atoms with Crippen LogP contribution < -0.4 is 5.32 Å². The summed E-state index contributed by atoms with van der Waals surface area (Å²) in [7, 11) is 0. The lowest BCUT2D eigenvalue weighted by molar-refractivity contribution is 0.0231. The molecule has 0 aliphatic carbocycles. The molecule has 1 aliphatic heterocycles. The van der Waals surface area contributed by atoms with Crippen molar-refractivity contribution in [3.63, 3.8) is 0 Å². The number of halogens is 2. The van der Waals surface area contributed by atoms with E-state index in [1.54, 1.807) is 0 Å². The Hall–Kier alpha value is -0.640. The largest absolute Gasteiger partial charge is 0.359 e. The normalized spacial score (nSPS) is 23.6. The zero-order chi connectivity index (χ0) is 11.8. The number of alkyl halides is 1. The lowest BCUT2D eigenvalue weighted by Crippen LogP contribution is -2.34. The molecule has 0 radical (unpaired) electrons. The van der Waals surface area contributed by atoms with Crippen LogP contribution >= 0.6 is 11.6 Å². The van der Waals surface area contributed by atoms with Crippen molar-refractivity contribution in [3.8, 4) is 0 Å². The van der Waals surface area contributed by atoms with Crippen molar-refractivity contribution in [2.45, 2.75) is 31.5 Å². The molecule has 1 heterocycles. The smallest absolute Gasteiger partial charge is 0.123 e. The summed E-state index contributed by atoms with van der Waals surface area (Å²) in [6, 6.07) is 4.93. The molecule has 1 saturated heterocycles. The molecule has 0 saturated carbocycles. The van der Waals surface area contributed by atoms with E-state index in [-0.39, 0.29) is 17.6 Å².